The molecular formula is C12H21N3O2S2. The van der Waals surface area contributed by atoms with Crippen LogP contribution in [0.3, 0.4) is 0 Å². The van der Waals surface area contributed by atoms with Crippen molar-refractivity contribution in [2.45, 2.75) is 49.8 Å². The molecule has 1 aromatic heterocycles. The minimum atomic E-state index is -3.63. The first-order chi connectivity index (χ1) is 8.93. The van der Waals surface area contributed by atoms with Gasteiger partial charge in [-0.15, -0.1) is 0 Å². The zero-order valence-corrected chi connectivity index (χ0v) is 13.0. The second-order valence-corrected chi connectivity index (χ2v) is 7.97. The molecular weight excluding hydrogens is 282 g/mol. The van der Waals surface area contributed by atoms with Crippen molar-refractivity contribution in [1.29, 1.82) is 0 Å². The monoisotopic (exact) mass is 303 g/mol. The van der Waals surface area contributed by atoms with Gasteiger partial charge in [0.25, 0.3) is 0 Å². The molecule has 0 aromatic carbocycles. The fraction of sp³-hybridized carbons (Fsp3) is 0.750. The lowest BCUT2D eigenvalue weighted by Gasteiger charge is -2.29. The number of primary sulfonamides is 1. The Morgan fingerprint density at radius 3 is 2.95 bits per heavy atom. The van der Waals surface area contributed by atoms with Crippen molar-refractivity contribution in [1.82, 2.24) is 4.98 Å². The van der Waals surface area contributed by atoms with Crippen molar-refractivity contribution >= 4 is 26.5 Å². The van der Waals surface area contributed by atoms with Crippen LogP contribution in [0.15, 0.2) is 10.4 Å². The molecule has 2 rings (SSSR count). The Morgan fingerprint density at radius 2 is 2.37 bits per heavy atom. The minimum absolute atomic E-state index is 0.149. The SMILES string of the molecule is CCCC(C)C1CCCN1c1ncc(S(N)(=O)=O)s1. The summed E-state index contributed by atoms with van der Waals surface area (Å²) in [6, 6.07) is 0.472. The molecule has 19 heavy (non-hydrogen) atoms. The van der Waals surface area contributed by atoms with Gasteiger partial charge in [-0.1, -0.05) is 31.6 Å². The third kappa shape index (κ3) is 3.27. The average Bonchev–Trinajstić information content (AvgIpc) is 2.97. The third-order valence-corrected chi connectivity index (χ3v) is 6.14. The summed E-state index contributed by atoms with van der Waals surface area (Å²) in [5.41, 5.74) is 0. The number of thiazole rings is 1. The highest BCUT2D eigenvalue weighted by atomic mass is 32.2. The molecule has 1 aromatic rings. The summed E-state index contributed by atoms with van der Waals surface area (Å²) in [4.78, 5) is 6.49. The zero-order valence-electron chi connectivity index (χ0n) is 11.4. The second-order valence-electron chi connectivity index (χ2n) is 5.18. The third-order valence-electron chi connectivity index (χ3n) is 3.70. The highest BCUT2D eigenvalue weighted by Gasteiger charge is 2.31. The van der Waals surface area contributed by atoms with Crippen LogP contribution < -0.4 is 10.0 Å². The van der Waals surface area contributed by atoms with Crippen LogP contribution in [0.5, 0.6) is 0 Å². The molecule has 1 saturated heterocycles. The molecule has 0 radical (unpaired) electrons. The van der Waals surface area contributed by atoms with Crippen molar-refractivity contribution in [2.75, 3.05) is 11.4 Å². The maximum Gasteiger partial charge on any atom is 0.249 e. The molecule has 2 unspecified atom stereocenters. The van der Waals surface area contributed by atoms with Gasteiger partial charge in [-0.25, -0.2) is 18.5 Å². The van der Waals surface area contributed by atoms with Crippen LogP contribution in [0.25, 0.3) is 0 Å². The molecule has 108 valence electrons. The largest absolute Gasteiger partial charge is 0.345 e. The zero-order chi connectivity index (χ0) is 14.0. The molecule has 2 heterocycles. The molecule has 0 saturated carbocycles. The molecule has 2 N–H and O–H groups in total. The van der Waals surface area contributed by atoms with Gasteiger partial charge in [0.15, 0.2) is 9.34 Å². The van der Waals surface area contributed by atoms with Gasteiger partial charge in [0.1, 0.15) is 0 Å². The first kappa shape index (κ1) is 14.7. The molecule has 1 aliphatic heterocycles. The van der Waals surface area contributed by atoms with E-state index in [1.807, 2.05) is 0 Å². The Labute approximate surface area is 118 Å². The number of hydrogen-bond acceptors (Lipinski definition) is 5. The van der Waals surface area contributed by atoms with Gasteiger partial charge in [-0.05, 0) is 25.2 Å². The van der Waals surface area contributed by atoms with E-state index >= 15 is 0 Å². The van der Waals surface area contributed by atoms with Crippen molar-refractivity contribution in [2.24, 2.45) is 11.1 Å². The fourth-order valence-corrected chi connectivity index (χ4v) is 4.41. The van der Waals surface area contributed by atoms with Crippen LogP contribution in [-0.2, 0) is 10.0 Å². The molecule has 0 spiro atoms. The molecule has 0 aliphatic carbocycles. The number of sulfonamides is 1. The number of rotatable bonds is 5. The van der Waals surface area contributed by atoms with Crippen LogP contribution in [0.2, 0.25) is 0 Å². The Balaban J connectivity index is 2.18. The quantitative estimate of drug-likeness (QED) is 0.904. The van der Waals surface area contributed by atoms with Crippen LogP contribution in [-0.4, -0.2) is 26.0 Å². The maximum absolute atomic E-state index is 11.3. The van der Waals surface area contributed by atoms with E-state index in [9.17, 15) is 8.42 Å². The highest BCUT2D eigenvalue weighted by Crippen LogP contribution is 2.34. The molecule has 1 fully saturated rings. The summed E-state index contributed by atoms with van der Waals surface area (Å²) >= 11 is 1.18. The van der Waals surface area contributed by atoms with E-state index in [0.29, 0.717) is 12.0 Å². The van der Waals surface area contributed by atoms with E-state index in [-0.39, 0.29) is 4.21 Å². The predicted octanol–water partition coefficient (Wildman–Crippen LogP) is 2.20. The van der Waals surface area contributed by atoms with E-state index in [4.69, 9.17) is 5.14 Å². The first-order valence-corrected chi connectivity index (χ1v) is 9.05. The normalized spacial score (nSPS) is 21.8. The first-order valence-electron chi connectivity index (χ1n) is 6.68. The van der Waals surface area contributed by atoms with Gasteiger partial charge < -0.3 is 4.90 Å². The lowest BCUT2D eigenvalue weighted by Crippen LogP contribution is -2.34. The number of nitrogens with two attached hydrogens (primary N) is 1. The maximum atomic E-state index is 11.3. The van der Waals surface area contributed by atoms with Crippen LogP contribution in [0, 0.1) is 5.92 Å². The van der Waals surface area contributed by atoms with Crippen molar-refractivity contribution < 1.29 is 8.42 Å². The smallest absolute Gasteiger partial charge is 0.249 e. The van der Waals surface area contributed by atoms with Crippen molar-refractivity contribution in [3.05, 3.63) is 6.20 Å². The molecule has 5 nitrogen and oxygen atoms in total. The Kier molecular flexibility index (Phi) is 4.47. The minimum Gasteiger partial charge on any atom is -0.345 e. The predicted molar refractivity (Wildman–Crippen MR) is 77.9 cm³/mol. The van der Waals surface area contributed by atoms with Gasteiger partial charge in [-0.3, -0.25) is 0 Å². The summed E-state index contributed by atoms with van der Waals surface area (Å²) in [5.74, 6) is 0.606. The van der Waals surface area contributed by atoms with Crippen LogP contribution in [0.4, 0.5) is 5.13 Å². The van der Waals surface area contributed by atoms with Gasteiger partial charge in [0.05, 0.1) is 6.20 Å². The van der Waals surface area contributed by atoms with Crippen LogP contribution in [0.1, 0.15) is 39.5 Å². The highest BCUT2D eigenvalue weighted by molar-refractivity contribution is 7.91. The molecule has 0 bridgehead atoms. The summed E-state index contributed by atoms with van der Waals surface area (Å²) < 4.78 is 22.8. The van der Waals surface area contributed by atoms with E-state index in [1.54, 1.807) is 0 Å². The number of nitrogens with zero attached hydrogens (tertiary/aromatic N) is 2. The van der Waals surface area contributed by atoms with Crippen molar-refractivity contribution in [3.8, 4) is 0 Å². The Morgan fingerprint density at radius 1 is 1.63 bits per heavy atom. The van der Waals surface area contributed by atoms with E-state index in [2.05, 4.69) is 23.7 Å². The van der Waals surface area contributed by atoms with E-state index in [0.717, 1.165) is 24.5 Å². The lowest BCUT2D eigenvalue weighted by molar-refractivity contribution is 0.421. The second kappa shape index (κ2) is 5.76. The summed E-state index contributed by atoms with van der Waals surface area (Å²) in [6.07, 6.45) is 6.03. The van der Waals surface area contributed by atoms with Crippen LogP contribution >= 0.6 is 11.3 Å². The molecule has 7 heteroatoms. The van der Waals surface area contributed by atoms with Gasteiger partial charge in [0, 0.05) is 12.6 Å². The van der Waals surface area contributed by atoms with Crippen molar-refractivity contribution in [3.63, 3.8) is 0 Å². The number of aromatic nitrogens is 1. The van der Waals surface area contributed by atoms with Gasteiger partial charge >= 0.3 is 0 Å². The lowest BCUT2D eigenvalue weighted by atomic mass is 9.95. The summed E-state index contributed by atoms with van der Waals surface area (Å²) in [6.45, 7) is 5.41. The molecule has 0 amide bonds. The summed E-state index contributed by atoms with van der Waals surface area (Å²) in [5, 5.41) is 5.92. The number of hydrogen-bond donors (Lipinski definition) is 1. The van der Waals surface area contributed by atoms with Gasteiger partial charge in [0.2, 0.25) is 10.0 Å². The molecule has 2 atom stereocenters. The fourth-order valence-electron chi connectivity index (χ4n) is 2.78. The van der Waals surface area contributed by atoms with E-state index in [1.165, 1.54) is 30.4 Å². The topological polar surface area (TPSA) is 76.3 Å². The van der Waals surface area contributed by atoms with Gasteiger partial charge in [-0.2, -0.15) is 0 Å². The van der Waals surface area contributed by atoms with E-state index < -0.39 is 10.0 Å². The Bertz CT molecular complexity index is 527. The Hall–Kier alpha value is -0.660. The average molecular weight is 303 g/mol. The number of anilines is 1. The standard InChI is InChI=1S/C12H21N3O2S2/c1-3-5-9(2)10-6-4-7-15(10)12-14-8-11(18-12)19(13,16)17/h8-10H,3-7H2,1-2H3,(H2,13,16,17). The molecule has 1 aliphatic rings. The summed E-state index contributed by atoms with van der Waals surface area (Å²) in [7, 11) is -3.63.